The van der Waals surface area contributed by atoms with Gasteiger partial charge in [-0.25, -0.2) is 4.39 Å². The minimum Gasteiger partial charge on any atom is -0.389 e. The van der Waals surface area contributed by atoms with Crippen molar-refractivity contribution in [2.24, 2.45) is 0 Å². The van der Waals surface area contributed by atoms with Crippen molar-refractivity contribution in [2.45, 2.75) is 24.6 Å². The number of nitrogens with zero attached hydrogens (tertiary/aromatic N) is 2. The highest BCUT2D eigenvalue weighted by Gasteiger charge is 2.49. The number of pyridine rings is 2. The summed E-state index contributed by atoms with van der Waals surface area (Å²) in [6.45, 7) is 1.52. The summed E-state index contributed by atoms with van der Waals surface area (Å²) in [7, 11) is 0. The van der Waals surface area contributed by atoms with E-state index in [1.54, 1.807) is 12.1 Å². The predicted molar refractivity (Wildman–Crippen MR) is 111 cm³/mol. The maximum absolute atomic E-state index is 13.1. The molecule has 3 heterocycles. The number of aliphatic hydroxyl groups excluding tert-OH is 1. The monoisotopic (exact) mass is 461 g/mol. The number of halogens is 4. The number of carbonyl (C=O) groups excluding carboxylic acids is 1. The largest absolute Gasteiger partial charge is 0.417 e. The molecule has 1 aromatic carbocycles. The molecule has 0 aliphatic carbocycles. The molecule has 1 saturated heterocycles. The average Bonchev–Trinajstić information content (AvgIpc) is 2.74. The number of carbonyl (C=O) groups is 1. The fourth-order valence-corrected chi connectivity index (χ4v) is 3.50. The number of hydrogen-bond acceptors (Lipinski definition) is 5. The Labute approximate surface area is 186 Å². The molecule has 33 heavy (non-hydrogen) atoms. The van der Waals surface area contributed by atoms with E-state index < -0.39 is 29.1 Å². The molecule has 0 unspecified atom stereocenters. The Morgan fingerprint density at radius 3 is 2.33 bits per heavy atom. The van der Waals surface area contributed by atoms with Crippen LogP contribution in [0.4, 0.5) is 23.2 Å². The first-order chi connectivity index (χ1) is 15.6. The van der Waals surface area contributed by atoms with Crippen LogP contribution in [0.3, 0.4) is 0 Å². The van der Waals surface area contributed by atoms with E-state index in [2.05, 4.69) is 15.3 Å². The molecule has 10 heteroatoms. The lowest BCUT2D eigenvalue weighted by atomic mass is 9.80. The van der Waals surface area contributed by atoms with Crippen LogP contribution in [0.2, 0.25) is 0 Å². The zero-order valence-corrected chi connectivity index (χ0v) is 17.4. The molecule has 6 nitrogen and oxygen atoms in total. The van der Waals surface area contributed by atoms with E-state index in [-0.39, 0.29) is 30.4 Å². The predicted octanol–water partition coefficient (Wildman–Crippen LogP) is 4.26. The SMILES string of the molecule is C[C@H](O)c1cc(C(F)(F)F)cnc1-c1ccc(C2(C(=O)Nc3ccc(F)cc3)COC2)nc1. The van der Waals surface area contributed by atoms with Gasteiger partial charge in [-0.2, -0.15) is 13.2 Å². The molecule has 0 saturated carbocycles. The number of aliphatic hydroxyl groups is 1. The van der Waals surface area contributed by atoms with Crippen LogP contribution in [-0.2, 0) is 21.1 Å². The first-order valence-electron chi connectivity index (χ1n) is 9.97. The standard InChI is InChI=1S/C23H19F4N3O3/c1-13(31)18-8-15(23(25,26)27)10-29-20(18)14-2-7-19(28-9-14)22(11-33-12-22)21(32)30-17-5-3-16(24)4-6-17/h2-10,13,31H,11-12H2,1H3,(H,30,32)/t13-/m0/s1. The first-order valence-corrected chi connectivity index (χ1v) is 9.97. The van der Waals surface area contributed by atoms with E-state index in [1.165, 1.54) is 37.4 Å². The Balaban J connectivity index is 1.62. The highest BCUT2D eigenvalue weighted by Crippen LogP contribution is 2.36. The van der Waals surface area contributed by atoms with Crippen LogP contribution in [0.5, 0.6) is 0 Å². The summed E-state index contributed by atoms with van der Waals surface area (Å²) in [4.78, 5) is 21.2. The van der Waals surface area contributed by atoms with Gasteiger partial charge in [-0.1, -0.05) is 0 Å². The minimum absolute atomic E-state index is 0.00937. The number of ether oxygens (including phenoxy) is 1. The topological polar surface area (TPSA) is 84.3 Å². The van der Waals surface area contributed by atoms with Crippen LogP contribution in [0.25, 0.3) is 11.3 Å². The molecule has 0 radical (unpaired) electrons. The van der Waals surface area contributed by atoms with Crippen molar-refractivity contribution in [1.82, 2.24) is 9.97 Å². The van der Waals surface area contributed by atoms with Crippen LogP contribution in [0, 0.1) is 5.82 Å². The Bertz CT molecular complexity index is 1160. The van der Waals surface area contributed by atoms with E-state index in [4.69, 9.17) is 4.74 Å². The number of benzene rings is 1. The van der Waals surface area contributed by atoms with Gasteiger partial charge in [-0.05, 0) is 49.4 Å². The van der Waals surface area contributed by atoms with Gasteiger partial charge in [0.15, 0.2) is 0 Å². The van der Waals surface area contributed by atoms with Crippen molar-refractivity contribution in [1.29, 1.82) is 0 Å². The van der Waals surface area contributed by atoms with Gasteiger partial charge < -0.3 is 15.2 Å². The number of rotatable bonds is 5. The molecule has 0 bridgehead atoms. The smallest absolute Gasteiger partial charge is 0.389 e. The second-order valence-electron chi connectivity index (χ2n) is 7.80. The van der Waals surface area contributed by atoms with Gasteiger partial charge in [0.2, 0.25) is 5.91 Å². The van der Waals surface area contributed by atoms with Crippen molar-refractivity contribution in [3.63, 3.8) is 0 Å². The minimum atomic E-state index is -4.59. The third kappa shape index (κ3) is 4.44. The summed E-state index contributed by atoms with van der Waals surface area (Å²) in [5.74, 6) is -0.807. The second-order valence-corrected chi connectivity index (χ2v) is 7.80. The van der Waals surface area contributed by atoms with Gasteiger partial charge in [0.05, 0.1) is 36.3 Å². The molecule has 1 aliphatic rings. The van der Waals surface area contributed by atoms with Gasteiger partial charge in [-0.3, -0.25) is 14.8 Å². The van der Waals surface area contributed by atoms with Gasteiger partial charge in [0, 0.05) is 29.2 Å². The van der Waals surface area contributed by atoms with Gasteiger partial charge in [0.25, 0.3) is 0 Å². The number of amides is 1. The first kappa shape index (κ1) is 22.8. The van der Waals surface area contributed by atoms with Crippen LogP contribution in [0.1, 0.15) is 29.8 Å². The molecule has 172 valence electrons. The average molecular weight is 461 g/mol. The van der Waals surface area contributed by atoms with E-state index in [0.717, 1.165) is 6.07 Å². The van der Waals surface area contributed by atoms with Crippen LogP contribution in [0.15, 0.2) is 54.9 Å². The summed E-state index contributed by atoms with van der Waals surface area (Å²) in [6, 6.07) is 9.34. The molecule has 2 N–H and O–H groups in total. The molecule has 3 aromatic rings. The van der Waals surface area contributed by atoms with E-state index in [0.29, 0.717) is 23.1 Å². The molecule has 4 rings (SSSR count). The lowest BCUT2D eigenvalue weighted by Gasteiger charge is -2.39. The van der Waals surface area contributed by atoms with Crippen LogP contribution in [-0.4, -0.2) is 34.2 Å². The maximum Gasteiger partial charge on any atom is 0.417 e. The number of anilines is 1. The summed E-state index contributed by atoms with van der Waals surface area (Å²) in [5, 5.41) is 12.7. The summed E-state index contributed by atoms with van der Waals surface area (Å²) in [6.07, 6.45) is -3.69. The molecular weight excluding hydrogens is 442 g/mol. The van der Waals surface area contributed by atoms with Gasteiger partial charge in [0.1, 0.15) is 11.2 Å². The number of alkyl halides is 3. The van der Waals surface area contributed by atoms with Crippen LogP contribution >= 0.6 is 0 Å². The molecule has 1 fully saturated rings. The Kier molecular flexibility index (Phi) is 5.89. The zero-order valence-electron chi connectivity index (χ0n) is 17.4. The van der Waals surface area contributed by atoms with Gasteiger partial charge in [-0.15, -0.1) is 0 Å². The number of hydrogen-bond donors (Lipinski definition) is 2. The van der Waals surface area contributed by atoms with Crippen molar-refractivity contribution in [3.05, 3.63) is 77.5 Å². The molecule has 1 aliphatic heterocycles. The normalized spacial score (nSPS) is 16.1. The molecule has 0 spiro atoms. The fourth-order valence-electron chi connectivity index (χ4n) is 3.50. The fraction of sp³-hybridized carbons (Fsp3) is 0.261. The maximum atomic E-state index is 13.1. The Morgan fingerprint density at radius 2 is 1.82 bits per heavy atom. The quantitative estimate of drug-likeness (QED) is 0.555. The van der Waals surface area contributed by atoms with Gasteiger partial charge >= 0.3 is 6.18 Å². The molecule has 1 amide bonds. The summed E-state index contributed by atoms with van der Waals surface area (Å²) >= 11 is 0. The lowest BCUT2D eigenvalue weighted by Crippen LogP contribution is -2.56. The number of nitrogens with one attached hydrogen (secondary N) is 1. The molecule has 1 atom stereocenters. The van der Waals surface area contributed by atoms with Crippen molar-refractivity contribution in [2.75, 3.05) is 18.5 Å². The molecular formula is C23H19F4N3O3. The Morgan fingerprint density at radius 1 is 1.12 bits per heavy atom. The van der Waals surface area contributed by atoms with Crippen LogP contribution < -0.4 is 5.32 Å². The lowest BCUT2D eigenvalue weighted by molar-refractivity contribution is -0.140. The van der Waals surface area contributed by atoms with Crippen molar-refractivity contribution in [3.8, 4) is 11.3 Å². The Hall–Kier alpha value is -3.37. The van der Waals surface area contributed by atoms with Crippen molar-refractivity contribution >= 4 is 11.6 Å². The third-order valence-electron chi connectivity index (χ3n) is 5.46. The summed E-state index contributed by atoms with van der Waals surface area (Å²) in [5.41, 5.74) is -0.648. The highest BCUT2D eigenvalue weighted by molar-refractivity contribution is 5.99. The number of aromatic nitrogens is 2. The third-order valence-corrected chi connectivity index (χ3v) is 5.46. The summed E-state index contributed by atoms with van der Waals surface area (Å²) < 4.78 is 57.5. The van der Waals surface area contributed by atoms with E-state index in [1.807, 2.05) is 0 Å². The zero-order chi connectivity index (χ0) is 23.8. The van der Waals surface area contributed by atoms with Crippen molar-refractivity contribution < 1.29 is 32.2 Å². The molecule has 2 aromatic heterocycles. The van der Waals surface area contributed by atoms with E-state index in [9.17, 15) is 27.5 Å². The van der Waals surface area contributed by atoms with E-state index >= 15 is 0 Å². The highest BCUT2D eigenvalue weighted by atomic mass is 19.4. The second kappa shape index (κ2) is 8.53.